The lowest BCUT2D eigenvalue weighted by molar-refractivity contribution is -0.139. The van der Waals surface area contributed by atoms with Gasteiger partial charge in [-0.15, -0.1) is 0 Å². The number of methoxy groups -OCH3 is 1. The molecule has 0 bridgehead atoms. The van der Waals surface area contributed by atoms with Gasteiger partial charge in [0.1, 0.15) is 11.8 Å². The molecular weight excluding hydrogens is 458 g/mol. The summed E-state index contributed by atoms with van der Waals surface area (Å²) in [6.45, 7) is 0.662. The number of carbonyl (C=O) groups is 2. The van der Waals surface area contributed by atoms with Crippen LogP contribution in [-0.2, 0) is 29.7 Å². The zero-order chi connectivity index (χ0) is 24.4. The number of ether oxygens (including phenoxy) is 1. The van der Waals surface area contributed by atoms with Crippen LogP contribution in [0.2, 0.25) is 0 Å². The lowest BCUT2D eigenvalue weighted by atomic mass is 10.0. The molecule has 1 N–H and O–H groups in total. The summed E-state index contributed by atoms with van der Waals surface area (Å²) < 4.78 is 7.64. The van der Waals surface area contributed by atoms with Crippen LogP contribution in [-0.4, -0.2) is 34.1 Å². The van der Waals surface area contributed by atoms with Gasteiger partial charge >= 0.3 is 0 Å². The monoisotopic (exact) mass is 485 g/mol. The first-order chi connectivity index (χ1) is 17.1. The highest BCUT2D eigenvalue weighted by Crippen LogP contribution is 2.42. The number of para-hydroxylation sites is 2. The maximum atomic E-state index is 13.9. The van der Waals surface area contributed by atoms with Gasteiger partial charge in [0.25, 0.3) is 0 Å². The Morgan fingerprint density at radius 1 is 1.03 bits per heavy atom. The van der Waals surface area contributed by atoms with Crippen molar-refractivity contribution in [2.45, 2.75) is 24.2 Å². The van der Waals surface area contributed by atoms with Gasteiger partial charge in [0.2, 0.25) is 11.8 Å². The van der Waals surface area contributed by atoms with E-state index in [-0.39, 0.29) is 24.1 Å². The van der Waals surface area contributed by atoms with Crippen LogP contribution in [0.25, 0.3) is 10.9 Å². The lowest BCUT2D eigenvalue weighted by Crippen LogP contribution is -2.43. The van der Waals surface area contributed by atoms with Gasteiger partial charge < -0.3 is 19.5 Å². The number of thioether (sulfide) groups is 1. The van der Waals surface area contributed by atoms with Crippen LogP contribution in [0, 0.1) is 0 Å². The van der Waals surface area contributed by atoms with E-state index >= 15 is 0 Å². The first-order valence-corrected chi connectivity index (χ1v) is 12.5. The van der Waals surface area contributed by atoms with Gasteiger partial charge in [0, 0.05) is 35.6 Å². The molecule has 2 heterocycles. The van der Waals surface area contributed by atoms with Gasteiger partial charge in [-0.1, -0.05) is 78.5 Å². The normalized spacial score (nSPS) is 15.5. The largest absolute Gasteiger partial charge is 0.496 e. The van der Waals surface area contributed by atoms with Crippen LogP contribution < -0.4 is 10.1 Å². The average molecular weight is 486 g/mol. The Balaban J connectivity index is 1.61. The molecule has 0 saturated heterocycles. The minimum absolute atomic E-state index is 0.0824. The standard InChI is InChI=1S/C28H27N3O3S/c1-30-22-14-8-7-13-21(22)25-26(27(33)29-16-19-10-4-3-5-11-19)31(24(32)18-35-28(25)30)17-20-12-6-9-15-23(20)34-2/h3-15,26H,16-18H2,1-2H3,(H,29,33). The van der Waals surface area contributed by atoms with E-state index in [0.29, 0.717) is 12.3 Å². The number of fused-ring (bicyclic) bond motifs is 3. The molecule has 1 unspecified atom stereocenters. The number of nitrogens with zero attached hydrogens (tertiary/aromatic N) is 2. The van der Waals surface area contributed by atoms with E-state index in [0.717, 1.165) is 32.6 Å². The summed E-state index contributed by atoms with van der Waals surface area (Å²) >= 11 is 1.49. The Kier molecular flexibility index (Phi) is 6.51. The van der Waals surface area contributed by atoms with Crippen LogP contribution >= 0.6 is 11.8 Å². The second-order valence-electron chi connectivity index (χ2n) is 8.52. The van der Waals surface area contributed by atoms with E-state index in [2.05, 4.69) is 16.0 Å². The third-order valence-electron chi connectivity index (χ3n) is 6.42. The van der Waals surface area contributed by atoms with E-state index in [1.165, 1.54) is 11.8 Å². The summed E-state index contributed by atoms with van der Waals surface area (Å²) in [7, 11) is 3.61. The predicted molar refractivity (Wildman–Crippen MR) is 138 cm³/mol. The average Bonchev–Trinajstić information content (AvgIpc) is 3.08. The summed E-state index contributed by atoms with van der Waals surface area (Å²) in [6, 6.07) is 24.7. The Morgan fingerprint density at radius 2 is 1.74 bits per heavy atom. The molecule has 178 valence electrons. The molecule has 0 radical (unpaired) electrons. The van der Waals surface area contributed by atoms with Gasteiger partial charge in [-0.2, -0.15) is 0 Å². The molecule has 7 heteroatoms. The van der Waals surface area contributed by atoms with Crippen molar-refractivity contribution in [3.8, 4) is 5.75 Å². The molecule has 1 aliphatic heterocycles. The number of aromatic nitrogens is 1. The molecule has 0 fully saturated rings. The Bertz CT molecular complexity index is 1380. The molecule has 0 spiro atoms. The quantitative estimate of drug-likeness (QED) is 0.431. The summed E-state index contributed by atoms with van der Waals surface area (Å²) in [5.41, 5.74) is 3.78. The number of benzene rings is 3. The van der Waals surface area contributed by atoms with Crippen molar-refractivity contribution in [2.24, 2.45) is 7.05 Å². The molecule has 35 heavy (non-hydrogen) atoms. The second kappa shape index (κ2) is 9.88. The lowest BCUT2D eigenvalue weighted by Gasteiger charge is -2.30. The first-order valence-electron chi connectivity index (χ1n) is 11.5. The number of nitrogens with one attached hydrogen (secondary N) is 1. The van der Waals surface area contributed by atoms with Crippen molar-refractivity contribution in [3.05, 3.63) is 95.6 Å². The van der Waals surface area contributed by atoms with E-state index in [1.807, 2.05) is 79.8 Å². The van der Waals surface area contributed by atoms with E-state index < -0.39 is 6.04 Å². The van der Waals surface area contributed by atoms with Crippen molar-refractivity contribution in [3.63, 3.8) is 0 Å². The topological polar surface area (TPSA) is 63.6 Å². The maximum Gasteiger partial charge on any atom is 0.247 e. The van der Waals surface area contributed by atoms with Crippen LogP contribution in [0.15, 0.2) is 83.9 Å². The fourth-order valence-corrected chi connectivity index (χ4v) is 5.80. The highest BCUT2D eigenvalue weighted by atomic mass is 32.2. The highest BCUT2D eigenvalue weighted by molar-refractivity contribution is 8.00. The molecular formula is C28H27N3O3S. The minimum Gasteiger partial charge on any atom is -0.496 e. The summed E-state index contributed by atoms with van der Waals surface area (Å²) in [4.78, 5) is 29.1. The summed E-state index contributed by atoms with van der Waals surface area (Å²) in [5, 5.41) is 5.02. The Labute approximate surface area is 208 Å². The van der Waals surface area contributed by atoms with Gasteiger partial charge in [-0.05, 0) is 17.7 Å². The molecule has 6 nitrogen and oxygen atoms in total. The predicted octanol–water partition coefficient (Wildman–Crippen LogP) is 4.68. The fourth-order valence-electron chi connectivity index (χ4n) is 4.70. The van der Waals surface area contributed by atoms with Crippen molar-refractivity contribution in [1.29, 1.82) is 0 Å². The van der Waals surface area contributed by atoms with E-state index in [9.17, 15) is 9.59 Å². The van der Waals surface area contributed by atoms with Gasteiger partial charge in [-0.3, -0.25) is 9.59 Å². The second-order valence-corrected chi connectivity index (χ2v) is 9.49. The molecule has 0 aliphatic carbocycles. The molecule has 3 aromatic carbocycles. The number of amides is 2. The first kappa shape index (κ1) is 23.1. The van der Waals surface area contributed by atoms with Crippen LogP contribution in [0.3, 0.4) is 0 Å². The molecule has 4 aromatic rings. The van der Waals surface area contributed by atoms with E-state index in [4.69, 9.17) is 4.74 Å². The smallest absolute Gasteiger partial charge is 0.247 e. The number of aryl methyl sites for hydroxylation is 1. The molecule has 1 atom stereocenters. The summed E-state index contributed by atoms with van der Waals surface area (Å²) in [6.07, 6.45) is 0. The zero-order valence-corrected chi connectivity index (χ0v) is 20.5. The Morgan fingerprint density at radius 3 is 2.54 bits per heavy atom. The Hall–Kier alpha value is -3.71. The van der Waals surface area contributed by atoms with Crippen molar-refractivity contribution in [2.75, 3.05) is 12.9 Å². The van der Waals surface area contributed by atoms with Gasteiger partial charge in [0.15, 0.2) is 0 Å². The highest BCUT2D eigenvalue weighted by Gasteiger charge is 2.39. The SMILES string of the molecule is COc1ccccc1CN1C(=O)CSc2c(c3ccccc3n2C)C1C(=O)NCc1ccccc1. The van der Waals surface area contributed by atoms with Crippen LogP contribution in [0.4, 0.5) is 0 Å². The fraction of sp³-hybridized carbons (Fsp3) is 0.214. The van der Waals surface area contributed by atoms with Gasteiger partial charge in [0.05, 0.1) is 24.4 Å². The third-order valence-corrected chi connectivity index (χ3v) is 7.58. The van der Waals surface area contributed by atoms with Crippen LogP contribution in [0.5, 0.6) is 5.75 Å². The van der Waals surface area contributed by atoms with Crippen molar-refractivity contribution >= 4 is 34.5 Å². The van der Waals surface area contributed by atoms with Crippen LogP contribution in [0.1, 0.15) is 22.7 Å². The molecule has 5 rings (SSSR count). The number of hydrogen-bond donors (Lipinski definition) is 1. The number of carbonyl (C=O) groups excluding carboxylic acids is 2. The number of hydrogen-bond acceptors (Lipinski definition) is 4. The molecule has 0 saturated carbocycles. The van der Waals surface area contributed by atoms with Gasteiger partial charge in [-0.25, -0.2) is 0 Å². The summed E-state index contributed by atoms with van der Waals surface area (Å²) in [5.74, 6) is 0.673. The maximum absolute atomic E-state index is 13.9. The molecule has 1 aliphatic rings. The van der Waals surface area contributed by atoms with Crippen molar-refractivity contribution in [1.82, 2.24) is 14.8 Å². The molecule has 2 amide bonds. The van der Waals surface area contributed by atoms with E-state index in [1.54, 1.807) is 12.0 Å². The number of rotatable bonds is 6. The molecule has 1 aromatic heterocycles. The zero-order valence-electron chi connectivity index (χ0n) is 19.7. The minimum atomic E-state index is -0.771. The van der Waals surface area contributed by atoms with Crippen molar-refractivity contribution < 1.29 is 14.3 Å². The third kappa shape index (κ3) is 4.39.